The van der Waals surface area contributed by atoms with Crippen LogP contribution in [0.25, 0.3) is 16.7 Å². The van der Waals surface area contributed by atoms with Gasteiger partial charge >= 0.3 is 0 Å². The number of nitrogens with two attached hydrogens (primary N) is 2. The number of nitrogens with zero attached hydrogens (tertiary/aromatic N) is 2. The zero-order valence-corrected chi connectivity index (χ0v) is 11.9. The number of benzene rings is 2. The van der Waals surface area contributed by atoms with Gasteiger partial charge in [0.25, 0.3) is 5.91 Å². The first kappa shape index (κ1) is 13.2. The van der Waals surface area contributed by atoms with Crippen LogP contribution >= 0.6 is 0 Å². The van der Waals surface area contributed by atoms with E-state index in [-0.39, 0.29) is 0 Å². The Morgan fingerprint density at radius 3 is 2.57 bits per heavy atom. The van der Waals surface area contributed by atoms with E-state index in [0.717, 1.165) is 16.6 Å². The van der Waals surface area contributed by atoms with E-state index >= 15 is 0 Å². The molecular formula is C16H16N4O. The Morgan fingerprint density at radius 2 is 1.86 bits per heavy atom. The van der Waals surface area contributed by atoms with Gasteiger partial charge in [-0.3, -0.25) is 9.36 Å². The number of imidazole rings is 1. The fourth-order valence-electron chi connectivity index (χ4n) is 2.41. The number of aryl methyl sites for hydroxylation is 2. The van der Waals surface area contributed by atoms with Gasteiger partial charge in [0.2, 0.25) is 0 Å². The minimum atomic E-state index is -0.490. The van der Waals surface area contributed by atoms with Gasteiger partial charge < -0.3 is 11.5 Å². The second-order valence-corrected chi connectivity index (χ2v) is 5.18. The van der Waals surface area contributed by atoms with Crippen LogP contribution in [-0.4, -0.2) is 15.5 Å². The molecule has 1 heterocycles. The third kappa shape index (κ3) is 2.12. The number of anilines is 1. The van der Waals surface area contributed by atoms with E-state index in [4.69, 9.17) is 11.5 Å². The molecule has 0 fully saturated rings. The van der Waals surface area contributed by atoms with Crippen molar-refractivity contribution in [3.63, 3.8) is 0 Å². The summed E-state index contributed by atoms with van der Waals surface area (Å²) in [5, 5.41) is 0. The molecule has 0 spiro atoms. The topological polar surface area (TPSA) is 86.9 Å². The van der Waals surface area contributed by atoms with Crippen molar-refractivity contribution < 1.29 is 4.79 Å². The van der Waals surface area contributed by atoms with Gasteiger partial charge in [-0.25, -0.2) is 4.98 Å². The van der Waals surface area contributed by atoms with Crippen molar-refractivity contribution in [2.45, 2.75) is 13.8 Å². The van der Waals surface area contributed by atoms with Crippen LogP contribution in [0.4, 0.5) is 5.69 Å². The average molecular weight is 280 g/mol. The lowest BCUT2D eigenvalue weighted by Gasteiger charge is -2.10. The number of nitrogen functional groups attached to an aromatic ring is 1. The first-order valence-corrected chi connectivity index (χ1v) is 6.61. The standard InChI is InChI=1S/C16H16N4O/c1-9-5-13-15(6-10(9)2)20(8-19-13)14-7-11(17)3-4-12(14)16(18)21/h3-8H,17H2,1-2H3,(H2,18,21). The molecule has 21 heavy (non-hydrogen) atoms. The highest BCUT2D eigenvalue weighted by molar-refractivity contribution is 5.98. The molecule has 0 saturated carbocycles. The number of hydrogen-bond donors (Lipinski definition) is 2. The molecule has 5 heteroatoms. The quantitative estimate of drug-likeness (QED) is 0.706. The number of rotatable bonds is 2. The van der Waals surface area contributed by atoms with Gasteiger partial charge in [0.05, 0.1) is 22.3 Å². The Balaban J connectivity index is 2.33. The molecule has 0 atom stereocenters. The van der Waals surface area contributed by atoms with Crippen molar-refractivity contribution >= 4 is 22.6 Å². The summed E-state index contributed by atoms with van der Waals surface area (Å²) >= 11 is 0. The van der Waals surface area contributed by atoms with Crippen LogP contribution in [-0.2, 0) is 0 Å². The third-order valence-corrected chi connectivity index (χ3v) is 3.71. The lowest BCUT2D eigenvalue weighted by atomic mass is 10.1. The van der Waals surface area contributed by atoms with Crippen molar-refractivity contribution in [1.29, 1.82) is 0 Å². The van der Waals surface area contributed by atoms with Crippen LogP contribution < -0.4 is 11.5 Å². The lowest BCUT2D eigenvalue weighted by molar-refractivity contribution is 0.100. The molecule has 3 aromatic rings. The molecule has 0 saturated heterocycles. The van der Waals surface area contributed by atoms with Gasteiger partial charge in [0, 0.05) is 5.69 Å². The minimum absolute atomic E-state index is 0.418. The lowest BCUT2D eigenvalue weighted by Crippen LogP contribution is -2.14. The minimum Gasteiger partial charge on any atom is -0.399 e. The van der Waals surface area contributed by atoms with E-state index in [1.165, 1.54) is 5.56 Å². The SMILES string of the molecule is Cc1cc2ncn(-c3cc(N)ccc3C(N)=O)c2cc1C. The number of amides is 1. The highest BCUT2D eigenvalue weighted by Gasteiger charge is 2.13. The molecule has 4 N–H and O–H groups in total. The summed E-state index contributed by atoms with van der Waals surface area (Å²) in [4.78, 5) is 16.0. The van der Waals surface area contributed by atoms with Crippen molar-refractivity contribution in [3.05, 3.63) is 53.3 Å². The van der Waals surface area contributed by atoms with Gasteiger partial charge in [0.15, 0.2) is 0 Å². The molecule has 106 valence electrons. The molecule has 0 aliphatic heterocycles. The zero-order chi connectivity index (χ0) is 15.1. The maximum Gasteiger partial charge on any atom is 0.250 e. The largest absolute Gasteiger partial charge is 0.399 e. The smallest absolute Gasteiger partial charge is 0.250 e. The van der Waals surface area contributed by atoms with Gasteiger partial charge in [0.1, 0.15) is 6.33 Å². The second kappa shape index (κ2) is 4.63. The van der Waals surface area contributed by atoms with Crippen LogP contribution in [0.2, 0.25) is 0 Å². The van der Waals surface area contributed by atoms with Crippen molar-refractivity contribution in [2.75, 3.05) is 5.73 Å². The molecule has 0 bridgehead atoms. The van der Waals surface area contributed by atoms with Gasteiger partial charge in [-0.05, 0) is 55.3 Å². The number of fused-ring (bicyclic) bond motifs is 1. The maximum atomic E-state index is 11.6. The van der Waals surface area contributed by atoms with Crippen molar-refractivity contribution in [1.82, 2.24) is 9.55 Å². The summed E-state index contributed by atoms with van der Waals surface area (Å²) in [5.41, 5.74) is 17.1. The maximum absolute atomic E-state index is 11.6. The van der Waals surface area contributed by atoms with E-state index in [9.17, 15) is 4.79 Å². The zero-order valence-electron chi connectivity index (χ0n) is 11.9. The summed E-state index contributed by atoms with van der Waals surface area (Å²) in [6.45, 7) is 4.09. The molecule has 0 aliphatic rings. The number of carbonyl (C=O) groups excluding carboxylic acids is 1. The molecular weight excluding hydrogens is 264 g/mol. The molecule has 5 nitrogen and oxygen atoms in total. The number of carbonyl (C=O) groups is 1. The fourth-order valence-corrected chi connectivity index (χ4v) is 2.41. The number of aromatic nitrogens is 2. The summed E-state index contributed by atoms with van der Waals surface area (Å²) in [6.07, 6.45) is 1.69. The van der Waals surface area contributed by atoms with Gasteiger partial charge in [-0.2, -0.15) is 0 Å². The average Bonchev–Trinajstić information content (AvgIpc) is 2.81. The van der Waals surface area contributed by atoms with Crippen molar-refractivity contribution in [3.8, 4) is 5.69 Å². The summed E-state index contributed by atoms with van der Waals surface area (Å²) in [7, 11) is 0. The summed E-state index contributed by atoms with van der Waals surface area (Å²) in [6, 6.07) is 9.11. The molecule has 1 amide bonds. The molecule has 0 unspecified atom stereocenters. The monoisotopic (exact) mass is 280 g/mol. The Hall–Kier alpha value is -2.82. The predicted molar refractivity (Wildman–Crippen MR) is 83.5 cm³/mol. The Labute approximate surface area is 122 Å². The molecule has 0 radical (unpaired) electrons. The van der Waals surface area contributed by atoms with E-state index in [0.29, 0.717) is 16.9 Å². The van der Waals surface area contributed by atoms with Crippen LogP contribution in [0.15, 0.2) is 36.7 Å². The first-order valence-electron chi connectivity index (χ1n) is 6.61. The van der Waals surface area contributed by atoms with Crippen LogP contribution in [0, 0.1) is 13.8 Å². The Bertz CT molecular complexity index is 864. The van der Waals surface area contributed by atoms with E-state index in [2.05, 4.69) is 4.98 Å². The predicted octanol–water partition coefficient (Wildman–Crippen LogP) is 2.32. The molecule has 1 aromatic heterocycles. The fraction of sp³-hybridized carbons (Fsp3) is 0.125. The third-order valence-electron chi connectivity index (χ3n) is 3.71. The molecule has 0 aliphatic carbocycles. The highest BCUT2D eigenvalue weighted by Crippen LogP contribution is 2.25. The summed E-state index contributed by atoms with van der Waals surface area (Å²) < 4.78 is 1.85. The highest BCUT2D eigenvalue weighted by atomic mass is 16.1. The number of primary amides is 1. The van der Waals surface area contributed by atoms with E-state index in [1.807, 2.05) is 30.5 Å². The van der Waals surface area contributed by atoms with Crippen LogP contribution in [0.1, 0.15) is 21.5 Å². The molecule has 2 aromatic carbocycles. The van der Waals surface area contributed by atoms with Crippen LogP contribution in [0.3, 0.4) is 0 Å². The summed E-state index contributed by atoms with van der Waals surface area (Å²) in [5.74, 6) is -0.490. The molecule has 3 rings (SSSR count). The van der Waals surface area contributed by atoms with Crippen LogP contribution in [0.5, 0.6) is 0 Å². The second-order valence-electron chi connectivity index (χ2n) is 5.18. The number of hydrogen-bond acceptors (Lipinski definition) is 3. The first-order chi connectivity index (χ1) is 9.97. The van der Waals surface area contributed by atoms with Crippen molar-refractivity contribution in [2.24, 2.45) is 5.73 Å². The normalized spacial score (nSPS) is 11.0. The van der Waals surface area contributed by atoms with Gasteiger partial charge in [-0.1, -0.05) is 0 Å². The Morgan fingerprint density at radius 1 is 1.14 bits per heavy atom. The van der Waals surface area contributed by atoms with Gasteiger partial charge in [-0.15, -0.1) is 0 Å². The van der Waals surface area contributed by atoms with E-state index in [1.54, 1.807) is 24.5 Å². The Kier molecular flexibility index (Phi) is 2.90. The van der Waals surface area contributed by atoms with E-state index < -0.39 is 5.91 Å².